The first-order valence-corrected chi connectivity index (χ1v) is 9.55. The maximum Gasteiger partial charge on any atom is 0.332 e. The van der Waals surface area contributed by atoms with Gasteiger partial charge in [0, 0.05) is 36.2 Å². The SMILES string of the molecule is Cn1c2c(c(=O)n(C)c1=O)[C@@H](c1ccc(Cl)cc1)[C@H]1C(=O)c3ccccc3C1=N2. The first kappa shape index (κ1) is 17.8. The minimum Gasteiger partial charge on any atom is -0.293 e. The molecule has 0 saturated heterocycles. The molecule has 6 nitrogen and oxygen atoms in total. The van der Waals surface area contributed by atoms with Crippen LogP contribution in [0.2, 0.25) is 5.02 Å². The first-order valence-electron chi connectivity index (χ1n) is 9.17. The molecular formula is C22H16ClN3O3. The molecule has 0 N–H and O–H groups in total. The lowest BCUT2D eigenvalue weighted by atomic mass is 9.76. The Morgan fingerprint density at radius 2 is 1.52 bits per heavy atom. The van der Waals surface area contributed by atoms with Crippen LogP contribution in [-0.2, 0) is 14.1 Å². The Bertz CT molecular complexity index is 1350. The molecule has 0 spiro atoms. The Morgan fingerprint density at radius 1 is 0.862 bits per heavy atom. The molecule has 0 fully saturated rings. The van der Waals surface area contributed by atoms with Crippen LogP contribution < -0.4 is 11.2 Å². The topological polar surface area (TPSA) is 73.4 Å². The average molecular weight is 406 g/mol. The number of rotatable bonds is 1. The second-order valence-corrected chi connectivity index (χ2v) is 7.79. The summed E-state index contributed by atoms with van der Waals surface area (Å²) in [4.78, 5) is 43.7. The van der Waals surface area contributed by atoms with Crippen molar-refractivity contribution in [3.8, 4) is 0 Å². The summed E-state index contributed by atoms with van der Waals surface area (Å²) in [6, 6.07) is 14.4. The van der Waals surface area contributed by atoms with Crippen molar-refractivity contribution >= 4 is 28.9 Å². The van der Waals surface area contributed by atoms with Gasteiger partial charge in [0.15, 0.2) is 5.78 Å². The van der Waals surface area contributed by atoms with E-state index in [0.717, 1.165) is 15.7 Å². The summed E-state index contributed by atoms with van der Waals surface area (Å²) in [5.74, 6) is -0.943. The van der Waals surface area contributed by atoms with Crippen molar-refractivity contribution in [1.82, 2.24) is 9.13 Å². The van der Waals surface area contributed by atoms with Gasteiger partial charge in [0.25, 0.3) is 5.56 Å². The molecule has 3 aromatic rings. The molecule has 1 aliphatic carbocycles. The molecule has 29 heavy (non-hydrogen) atoms. The monoisotopic (exact) mass is 405 g/mol. The molecule has 2 aromatic carbocycles. The van der Waals surface area contributed by atoms with E-state index in [1.54, 1.807) is 25.2 Å². The number of aliphatic imine (C=N–C) groups is 1. The molecule has 2 atom stereocenters. The van der Waals surface area contributed by atoms with E-state index in [4.69, 9.17) is 11.6 Å². The molecule has 0 saturated carbocycles. The number of nitrogens with zero attached hydrogens (tertiary/aromatic N) is 3. The van der Waals surface area contributed by atoms with Crippen LogP contribution in [0.1, 0.15) is 33.0 Å². The largest absolute Gasteiger partial charge is 0.332 e. The number of aromatic nitrogens is 2. The highest BCUT2D eigenvalue weighted by molar-refractivity contribution is 6.31. The molecule has 2 heterocycles. The van der Waals surface area contributed by atoms with Gasteiger partial charge in [0.05, 0.1) is 17.2 Å². The molecule has 0 amide bonds. The molecule has 0 radical (unpaired) electrons. The maximum atomic E-state index is 13.4. The third-order valence-electron chi connectivity index (χ3n) is 5.81. The minimum atomic E-state index is -0.619. The van der Waals surface area contributed by atoms with E-state index in [2.05, 4.69) is 4.99 Å². The number of carbonyl (C=O) groups is 1. The molecule has 0 unspecified atom stereocenters. The zero-order valence-electron chi connectivity index (χ0n) is 15.7. The summed E-state index contributed by atoms with van der Waals surface area (Å²) in [6.45, 7) is 0. The number of carbonyl (C=O) groups excluding carboxylic acids is 1. The van der Waals surface area contributed by atoms with Crippen molar-refractivity contribution in [1.29, 1.82) is 0 Å². The fourth-order valence-corrected chi connectivity index (χ4v) is 4.52. The maximum absolute atomic E-state index is 13.4. The highest BCUT2D eigenvalue weighted by Crippen LogP contribution is 2.46. The molecule has 144 valence electrons. The van der Waals surface area contributed by atoms with Gasteiger partial charge in [-0.3, -0.25) is 18.7 Å². The van der Waals surface area contributed by atoms with Crippen molar-refractivity contribution in [2.45, 2.75) is 5.92 Å². The van der Waals surface area contributed by atoms with Crippen LogP contribution in [0.5, 0.6) is 0 Å². The number of Topliss-reactive ketones (excluding diaryl/α,β-unsaturated/α-hetero) is 1. The summed E-state index contributed by atoms with van der Waals surface area (Å²) in [5.41, 5.74) is 2.18. The molecule has 2 aliphatic rings. The highest BCUT2D eigenvalue weighted by atomic mass is 35.5. The van der Waals surface area contributed by atoms with Gasteiger partial charge in [-0.25, -0.2) is 9.79 Å². The summed E-state index contributed by atoms with van der Waals surface area (Å²) < 4.78 is 2.43. The molecule has 7 heteroatoms. The average Bonchev–Trinajstić information content (AvgIpc) is 3.02. The fourth-order valence-electron chi connectivity index (χ4n) is 4.40. The predicted octanol–water partition coefficient (Wildman–Crippen LogP) is 2.82. The van der Waals surface area contributed by atoms with E-state index in [0.29, 0.717) is 27.7 Å². The van der Waals surface area contributed by atoms with Gasteiger partial charge in [0.1, 0.15) is 5.82 Å². The van der Waals surface area contributed by atoms with E-state index >= 15 is 0 Å². The van der Waals surface area contributed by atoms with Gasteiger partial charge >= 0.3 is 5.69 Å². The fraction of sp³-hybridized carbons (Fsp3) is 0.182. The Balaban J connectivity index is 1.90. The second-order valence-electron chi connectivity index (χ2n) is 7.36. The number of fused-ring (bicyclic) bond motifs is 4. The zero-order valence-corrected chi connectivity index (χ0v) is 16.5. The van der Waals surface area contributed by atoms with E-state index < -0.39 is 23.1 Å². The van der Waals surface area contributed by atoms with Gasteiger partial charge in [0.2, 0.25) is 0 Å². The number of benzene rings is 2. The van der Waals surface area contributed by atoms with Gasteiger partial charge in [-0.1, -0.05) is 48.0 Å². The number of hydrogen-bond acceptors (Lipinski definition) is 4. The van der Waals surface area contributed by atoms with Crippen LogP contribution in [0.15, 0.2) is 63.1 Å². The van der Waals surface area contributed by atoms with E-state index in [1.165, 1.54) is 11.6 Å². The van der Waals surface area contributed by atoms with Gasteiger partial charge in [-0.2, -0.15) is 0 Å². The molecule has 5 rings (SSSR count). The lowest BCUT2D eigenvalue weighted by Gasteiger charge is -2.29. The number of halogens is 1. The normalized spacial score (nSPS) is 19.4. The van der Waals surface area contributed by atoms with E-state index in [9.17, 15) is 14.4 Å². The van der Waals surface area contributed by atoms with Crippen LogP contribution in [-0.4, -0.2) is 20.6 Å². The van der Waals surface area contributed by atoms with Crippen molar-refractivity contribution in [3.05, 3.63) is 96.6 Å². The molecule has 1 aromatic heterocycles. The van der Waals surface area contributed by atoms with Crippen LogP contribution in [0.3, 0.4) is 0 Å². The second kappa shape index (κ2) is 6.12. The Kier molecular flexibility index (Phi) is 3.76. The third kappa shape index (κ3) is 2.36. The summed E-state index contributed by atoms with van der Waals surface area (Å²) in [5, 5.41) is 0.563. The molecular weight excluding hydrogens is 390 g/mol. The summed E-state index contributed by atoms with van der Waals surface area (Å²) in [6.07, 6.45) is 0. The van der Waals surface area contributed by atoms with Gasteiger partial charge < -0.3 is 0 Å². The van der Waals surface area contributed by atoms with Crippen LogP contribution in [0.4, 0.5) is 5.82 Å². The van der Waals surface area contributed by atoms with Crippen LogP contribution in [0, 0.1) is 5.92 Å². The molecule has 1 aliphatic heterocycles. The Morgan fingerprint density at radius 3 is 2.21 bits per heavy atom. The Labute approximate surface area is 170 Å². The lowest BCUT2D eigenvalue weighted by Crippen LogP contribution is -2.43. The van der Waals surface area contributed by atoms with Crippen molar-refractivity contribution in [2.24, 2.45) is 25.0 Å². The quantitative estimate of drug-likeness (QED) is 0.625. The zero-order chi connectivity index (χ0) is 20.4. The van der Waals surface area contributed by atoms with Crippen LogP contribution in [0.25, 0.3) is 0 Å². The van der Waals surface area contributed by atoms with Gasteiger partial charge in [-0.05, 0) is 17.7 Å². The first-order chi connectivity index (χ1) is 13.9. The molecule has 0 bridgehead atoms. The highest BCUT2D eigenvalue weighted by Gasteiger charge is 2.47. The van der Waals surface area contributed by atoms with E-state index in [1.807, 2.05) is 30.3 Å². The third-order valence-corrected chi connectivity index (χ3v) is 6.06. The Hall–Kier alpha value is -3.25. The van der Waals surface area contributed by atoms with Gasteiger partial charge in [-0.15, -0.1) is 0 Å². The standard InChI is InChI=1S/C22H16ClN3O3/c1-25-20-17(21(28)26(2)22(25)29)15(11-7-9-12(23)10-8-11)16-18(24-20)13-5-3-4-6-14(13)19(16)27/h3-10,15-16H,1-2H3/t15-,16+/m0/s1. The van der Waals surface area contributed by atoms with Crippen molar-refractivity contribution < 1.29 is 4.79 Å². The summed E-state index contributed by atoms with van der Waals surface area (Å²) in [7, 11) is 3.03. The number of hydrogen-bond donors (Lipinski definition) is 0. The van der Waals surface area contributed by atoms with Crippen molar-refractivity contribution in [2.75, 3.05) is 0 Å². The van der Waals surface area contributed by atoms with Crippen LogP contribution >= 0.6 is 11.6 Å². The van der Waals surface area contributed by atoms with E-state index in [-0.39, 0.29) is 5.78 Å². The smallest absolute Gasteiger partial charge is 0.293 e. The van der Waals surface area contributed by atoms with Crippen molar-refractivity contribution in [3.63, 3.8) is 0 Å². The predicted molar refractivity (Wildman–Crippen MR) is 111 cm³/mol. The minimum absolute atomic E-state index is 0.0687. The lowest BCUT2D eigenvalue weighted by molar-refractivity contribution is 0.0953. The number of ketones is 1. The summed E-state index contributed by atoms with van der Waals surface area (Å²) >= 11 is 6.06.